The molecule has 18 heavy (non-hydrogen) atoms. The maximum absolute atomic E-state index is 6.17. The highest BCUT2D eigenvalue weighted by atomic mass is 35.5. The molecule has 5 heteroatoms. The van der Waals surface area contributed by atoms with E-state index in [2.05, 4.69) is 0 Å². The molecule has 0 aliphatic rings. The molecule has 4 nitrogen and oxygen atoms in total. The first-order valence-corrected chi connectivity index (χ1v) is 6.24. The summed E-state index contributed by atoms with van der Waals surface area (Å²) < 4.78 is 16.0. The number of halogens is 1. The Balaban J connectivity index is 3.18. The molecular weight excluding hydrogens is 254 g/mol. The van der Waals surface area contributed by atoms with Crippen molar-refractivity contribution < 1.29 is 14.2 Å². The topological polar surface area (TPSA) is 53.7 Å². The van der Waals surface area contributed by atoms with Crippen LogP contribution in [0.15, 0.2) is 6.07 Å². The van der Waals surface area contributed by atoms with Gasteiger partial charge in [0.25, 0.3) is 0 Å². The molecule has 2 N–H and O–H groups in total. The van der Waals surface area contributed by atoms with E-state index in [0.717, 1.165) is 24.8 Å². The molecule has 0 fully saturated rings. The van der Waals surface area contributed by atoms with Crippen molar-refractivity contribution in [2.45, 2.75) is 19.3 Å². The number of hydrogen-bond acceptors (Lipinski definition) is 4. The van der Waals surface area contributed by atoms with E-state index >= 15 is 0 Å². The van der Waals surface area contributed by atoms with Crippen LogP contribution in [0.4, 0.5) is 0 Å². The molecule has 0 atom stereocenters. The lowest BCUT2D eigenvalue weighted by Gasteiger charge is -2.17. The van der Waals surface area contributed by atoms with Gasteiger partial charge in [0.1, 0.15) is 5.75 Å². The monoisotopic (exact) mass is 273 g/mol. The van der Waals surface area contributed by atoms with Crippen molar-refractivity contribution in [2.24, 2.45) is 5.73 Å². The average Bonchev–Trinajstić information content (AvgIpc) is 2.38. The molecule has 0 aliphatic carbocycles. The highest BCUT2D eigenvalue weighted by molar-refractivity contribution is 6.32. The van der Waals surface area contributed by atoms with Gasteiger partial charge >= 0.3 is 0 Å². The maximum Gasteiger partial charge on any atom is 0.167 e. The highest BCUT2D eigenvalue weighted by Crippen LogP contribution is 2.43. The SMILES string of the molecule is COc1cc(Cl)c(OC)c(CCCCN)c1OC. The fraction of sp³-hybridized carbons (Fsp3) is 0.538. The van der Waals surface area contributed by atoms with Gasteiger partial charge in [-0.2, -0.15) is 0 Å². The second-order valence-corrected chi connectivity index (χ2v) is 4.26. The number of unbranched alkanes of at least 4 members (excludes halogenated alkanes) is 1. The highest BCUT2D eigenvalue weighted by Gasteiger charge is 2.19. The Morgan fingerprint density at radius 2 is 1.72 bits per heavy atom. The maximum atomic E-state index is 6.17. The smallest absolute Gasteiger partial charge is 0.167 e. The van der Waals surface area contributed by atoms with Crippen molar-refractivity contribution in [3.8, 4) is 17.2 Å². The van der Waals surface area contributed by atoms with Crippen molar-refractivity contribution in [2.75, 3.05) is 27.9 Å². The number of methoxy groups -OCH3 is 3. The van der Waals surface area contributed by atoms with Crippen molar-refractivity contribution in [3.05, 3.63) is 16.7 Å². The van der Waals surface area contributed by atoms with Crippen LogP contribution in [0.25, 0.3) is 0 Å². The third kappa shape index (κ3) is 3.21. The van der Waals surface area contributed by atoms with Crippen molar-refractivity contribution in [1.82, 2.24) is 0 Å². The molecule has 102 valence electrons. The van der Waals surface area contributed by atoms with E-state index in [1.54, 1.807) is 27.4 Å². The van der Waals surface area contributed by atoms with Gasteiger partial charge in [0.15, 0.2) is 11.5 Å². The second kappa shape index (κ2) is 7.34. The lowest BCUT2D eigenvalue weighted by molar-refractivity contribution is 0.343. The van der Waals surface area contributed by atoms with E-state index < -0.39 is 0 Å². The van der Waals surface area contributed by atoms with Crippen LogP contribution in [0.5, 0.6) is 17.2 Å². The van der Waals surface area contributed by atoms with E-state index in [4.69, 9.17) is 31.5 Å². The van der Waals surface area contributed by atoms with Crippen molar-refractivity contribution in [3.63, 3.8) is 0 Å². The number of nitrogens with two attached hydrogens (primary N) is 1. The Morgan fingerprint density at radius 3 is 2.22 bits per heavy atom. The van der Waals surface area contributed by atoms with E-state index in [1.165, 1.54) is 0 Å². The van der Waals surface area contributed by atoms with Gasteiger partial charge in [0.2, 0.25) is 0 Å². The summed E-state index contributed by atoms with van der Waals surface area (Å²) in [4.78, 5) is 0. The molecule has 1 aromatic rings. The van der Waals surface area contributed by atoms with Gasteiger partial charge in [-0.1, -0.05) is 11.6 Å². The lowest BCUT2D eigenvalue weighted by atomic mass is 10.0. The van der Waals surface area contributed by atoms with Gasteiger partial charge in [0, 0.05) is 11.6 Å². The molecule has 1 aromatic carbocycles. The Hall–Kier alpha value is -1.13. The number of ether oxygens (including phenoxy) is 3. The van der Waals surface area contributed by atoms with Gasteiger partial charge < -0.3 is 19.9 Å². The van der Waals surface area contributed by atoms with Crippen LogP contribution in [-0.2, 0) is 6.42 Å². The lowest BCUT2D eigenvalue weighted by Crippen LogP contribution is -2.03. The molecule has 1 rings (SSSR count). The normalized spacial score (nSPS) is 10.3. The van der Waals surface area contributed by atoms with Crippen LogP contribution in [0.2, 0.25) is 5.02 Å². The van der Waals surface area contributed by atoms with Crippen molar-refractivity contribution in [1.29, 1.82) is 0 Å². The molecule has 0 radical (unpaired) electrons. The number of benzene rings is 1. The predicted octanol–water partition coefficient (Wildman–Crippen LogP) is 2.65. The zero-order chi connectivity index (χ0) is 13.5. The van der Waals surface area contributed by atoms with E-state index in [0.29, 0.717) is 28.8 Å². The summed E-state index contributed by atoms with van der Waals surface area (Å²) in [5, 5.41) is 0.526. The minimum Gasteiger partial charge on any atom is -0.495 e. The van der Waals surface area contributed by atoms with Crippen LogP contribution in [0.3, 0.4) is 0 Å². The van der Waals surface area contributed by atoms with Crippen LogP contribution in [0.1, 0.15) is 18.4 Å². The molecule has 0 bridgehead atoms. The fourth-order valence-corrected chi connectivity index (χ4v) is 2.20. The quantitative estimate of drug-likeness (QED) is 0.776. The summed E-state index contributed by atoms with van der Waals surface area (Å²) in [6.45, 7) is 0.669. The minimum absolute atomic E-state index is 0.526. The summed E-state index contributed by atoms with van der Waals surface area (Å²) in [5.74, 6) is 1.94. The Kier molecular flexibility index (Phi) is 6.09. The first kappa shape index (κ1) is 14.9. The van der Waals surface area contributed by atoms with Crippen molar-refractivity contribution >= 4 is 11.6 Å². The fourth-order valence-electron chi connectivity index (χ4n) is 1.91. The van der Waals surface area contributed by atoms with Gasteiger partial charge in [0.05, 0.1) is 26.4 Å². The zero-order valence-corrected chi connectivity index (χ0v) is 11.8. The first-order valence-electron chi connectivity index (χ1n) is 5.87. The Bertz CT molecular complexity index is 396. The molecule has 0 spiro atoms. The van der Waals surface area contributed by atoms with Crippen LogP contribution in [-0.4, -0.2) is 27.9 Å². The summed E-state index contributed by atoms with van der Waals surface area (Å²) in [6, 6.07) is 1.70. The van der Waals surface area contributed by atoms with Gasteiger partial charge in [-0.3, -0.25) is 0 Å². The zero-order valence-electron chi connectivity index (χ0n) is 11.1. The third-order valence-corrected chi connectivity index (χ3v) is 3.04. The van der Waals surface area contributed by atoms with E-state index in [9.17, 15) is 0 Å². The summed E-state index contributed by atoms with van der Waals surface area (Å²) in [7, 11) is 4.79. The molecule has 0 heterocycles. The predicted molar refractivity (Wildman–Crippen MR) is 73.1 cm³/mol. The van der Waals surface area contributed by atoms with E-state index in [-0.39, 0.29) is 0 Å². The molecule has 0 aromatic heterocycles. The molecule has 0 amide bonds. The standard InChI is InChI=1S/C13H20ClNO3/c1-16-11-8-10(14)12(17-2)9(13(11)18-3)6-4-5-7-15/h8H,4-7,15H2,1-3H3. The summed E-state index contributed by atoms with van der Waals surface area (Å²) in [6.07, 6.45) is 2.69. The van der Waals surface area contributed by atoms with Gasteiger partial charge in [-0.25, -0.2) is 0 Å². The van der Waals surface area contributed by atoms with Crippen LogP contribution < -0.4 is 19.9 Å². The molecule has 0 saturated carbocycles. The minimum atomic E-state index is 0.526. The average molecular weight is 274 g/mol. The largest absolute Gasteiger partial charge is 0.495 e. The number of rotatable bonds is 7. The van der Waals surface area contributed by atoms with E-state index in [1.807, 2.05) is 0 Å². The van der Waals surface area contributed by atoms with Gasteiger partial charge in [-0.15, -0.1) is 0 Å². The van der Waals surface area contributed by atoms with Crippen LogP contribution in [0, 0.1) is 0 Å². The second-order valence-electron chi connectivity index (χ2n) is 3.85. The summed E-state index contributed by atoms with van der Waals surface area (Å²) >= 11 is 6.17. The third-order valence-electron chi connectivity index (χ3n) is 2.76. The molecule has 0 saturated heterocycles. The molecular formula is C13H20ClNO3. The molecule has 0 aliphatic heterocycles. The van der Waals surface area contributed by atoms with Gasteiger partial charge in [-0.05, 0) is 25.8 Å². The Morgan fingerprint density at radius 1 is 1.06 bits per heavy atom. The first-order chi connectivity index (χ1) is 8.69. The van der Waals surface area contributed by atoms with Crippen LogP contribution >= 0.6 is 11.6 Å². The Labute approximate surface area is 113 Å². The summed E-state index contributed by atoms with van der Waals surface area (Å²) in [5.41, 5.74) is 6.44. The number of hydrogen-bond donors (Lipinski definition) is 1. The molecule has 0 unspecified atom stereocenters.